The molecule has 12 heteroatoms. The molecule has 0 spiro atoms. The standard InChI is InChI=1S/C30H32ClN5O6/c1-3-34-23-13-12-17(14-24(23)35(4-2)30(34)42)21(15-25(37)38)32-29(41)33-26-27(39)19-9-7-11-22(19)36(28(26)40)16-18-8-5-6-10-20(18)31/h5-6,8,10,12-14,21,39H,3-4,7,9,11,15-16H2,1-2H3,(H,37,38)(H2,32,33,41)/t21-/m0/s1. The second-order valence-corrected chi connectivity index (χ2v) is 10.7. The van der Waals surface area contributed by atoms with Crippen LogP contribution in [-0.2, 0) is 37.3 Å². The third-order valence-corrected chi connectivity index (χ3v) is 8.15. The SMILES string of the molecule is CCn1c(=O)n(CC)c2cc([C@H](CC(=O)O)NC(=O)Nc3c(O)c4c(n(Cc5ccccc5Cl)c3=O)CCC4)ccc21. The summed E-state index contributed by atoms with van der Waals surface area (Å²) in [6.45, 7) is 4.76. The molecule has 1 atom stereocenters. The summed E-state index contributed by atoms with van der Waals surface area (Å²) in [6, 6.07) is 10.4. The van der Waals surface area contributed by atoms with E-state index in [4.69, 9.17) is 11.6 Å². The molecule has 0 fully saturated rings. The van der Waals surface area contributed by atoms with Crippen LogP contribution < -0.4 is 21.9 Å². The van der Waals surface area contributed by atoms with E-state index in [0.29, 0.717) is 58.8 Å². The number of halogens is 1. The largest absolute Gasteiger partial charge is 0.505 e. The van der Waals surface area contributed by atoms with Crippen LogP contribution in [0.15, 0.2) is 52.1 Å². The smallest absolute Gasteiger partial charge is 0.329 e. The molecule has 0 unspecified atom stereocenters. The molecular weight excluding hydrogens is 562 g/mol. The zero-order chi connectivity index (χ0) is 30.1. The van der Waals surface area contributed by atoms with Crippen LogP contribution in [-0.4, -0.2) is 35.9 Å². The molecule has 2 amide bonds. The van der Waals surface area contributed by atoms with E-state index in [9.17, 15) is 29.4 Å². The van der Waals surface area contributed by atoms with Gasteiger partial charge in [-0.1, -0.05) is 35.9 Å². The molecule has 4 aromatic rings. The first-order chi connectivity index (χ1) is 20.1. The van der Waals surface area contributed by atoms with Crippen LogP contribution in [0.2, 0.25) is 5.02 Å². The molecule has 0 bridgehead atoms. The molecule has 0 radical (unpaired) electrons. The normalized spacial score (nSPS) is 13.2. The molecule has 11 nitrogen and oxygen atoms in total. The molecule has 0 saturated carbocycles. The first-order valence-corrected chi connectivity index (χ1v) is 14.3. The Hall–Kier alpha value is -4.51. The monoisotopic (exact) mass is 593 g/mol. The summed E-state index contributed by atoms with van der Waals surface area (Å²) < 4.78 is 4.73. The maximum Gasteiger partial charge on any atom is 0.329 e. The predicted octanol–water partition coefficient (Wildman–Crippen LogP) is 4.24. The van der Waals surface area contributed by atoms with Gasteiger partial charge in [-0.25, -0.2) is 9.59 Å². The van der Waals surface area contributed by atoms with E-state index in [1.807, 2.05) is 26.0 Å². The van der Waals surface area contributed by atoms with Gasteiger partial charge in [0.25, 0.3) is 5.56 Å². The Labute approximate surface area is 246 Å². The number of nitrogens with one attached hydrogen (secondary N) is 2. The minimum Gasteiger partial charge on any atom is -0.505 e. The van der Waals surface area contributed by atoms with Crippen molar-refractivity contribution in [3.63, 3.8) is 0 Å². The van der Waals surface area contributed by atoms with Gasteiger partial charge < -0.3 is 25.4 Å². The second kappa shape index (κ2) is 11.8. The highest BCUT2D eigenvalue weighted by atomic mass is 35.5. The summed E-state index contributed by atoms with van der Waals surface area (Å²) >= 11 is 6.35. The first-order valence-electron chi connectivity index (χ1n) is 13.9. The van der Waals surface area contributed by atoms with Crippen molar-refractivity contribution in [2.75, 3.05) is 5.32 Å². The molecule has 1 aliphatic carbocycles. The summed E-state index contributed by atoms with van der Waals surface area (Å²) in [5.41, 5.74) is 2.75. The number of aromatic nitrogens is 3. The maximum absolute atomic E-state index is 13.6. The Morgan fingerprint density at radius 2 is 1.71 bits per heavy atom. The van der Waals surface area contributed by atoms with E-state index in [1.165, 1.54) is 4.57 Å². The predicted molar refractivity (Wildman–Crippen MR) is 160 cm³/mol. The fourth-order valence-corrected chi connectivity index (χ4v) is 5.96. The molecule has 2 aromatic heterocycles. The average molecular weight is 594 g/mol. The highest BCUT2D eigenvalue weighted by molar-refractivity contribution is 6.31. The number of fused-ring (bicyclic) bond motifs is 2. The van der Waals surface area contributed by atoms with Crippen LogP contribution in [0.5, 0.6) is 5.75 Å². The maximum atomic E-state index is 13.6. The van der Waals surface area contributed by atoms with Gasteiger partial charge in [-0.15, -0.1) is 0 Å². The molecule has 1 aliphatic rings. The number of hydrogen-bond acceptors (Lipinski definition) is 5. The van der Waals surface area contributed by atoms with Crippen LogP contribution >= 0.6 is 11.6 Å². The highest BCUT2D eigenvalue weighted by Crippen LogP contribution is 2.34. The van der Waals surface area contributed by atoms with Crippen LogP contribution in [0, 0.1) is 0 Å². The third kappa shape index (κ3) is 5.27. The Morgan fingerprint density at radius 3 is 2.40 bits per heavy atom. The van der Waals surface area contributed by atoms with Gasteiger partial charge in [0.15, 0.2) is 5.69 Å². The van der Waals surface area contributed by atoms with Crippen molar-refractivity contribution in [3.05, 3.63) is 90.7 Å². The zero-order valence-electron chi connectivity index (χ0n) is 23.3. The van der Waals surface area contributed by atoms with Gasteiger partial charge in [0.05, 0.1) is 30.0 Å². The number of hydrogen-bond donors (Lipinski definition) is 4. The van der Waals surface area contributed by atoms with Crippen molar-refractivity contribution in [1.82, 2.24) is 19.0 Å². The van der Waals surface area contributed by atoms with Crippen molar-refractivity contribution in [1.29, 1.82) is 0 Å². The topological polar surface area (TPSA) is 148 Å². The molecule has 0 saturated heterocycles. The number of carboxylic acid groups (broad SMARTS) is 1. The number of anilines is 1. The van der Waals surface area contributed by atoms with Crippen LogP contribution in [0.25, 0.3) is 11.0 Å². The number of aromatic hydroxyl groups is 1. The number of carboxylic acids is 1. The lowest BCUT2D eigenvalue weighted by molar-refractivity contribution is -0.137. The molecule has 2 heterocycles. The van der Waals surface area contributed by atoms with E-state index < -0.39 is 30.0 Å². The summed E-state index contributed by atoms with van der Waals surface area (Å²) in [7, 11) is 0. The van der Waals surface area contributed by atoms with E-state index >= 15 is 0 Å². The summed E-state index contributed by atoms with van der Waals surface area (Å²) in [4.78, 5) is 51.4. The van der Waals surface area contributed by atoms with Crippen molar-refractivity contribution >= 4 is 40.3 Å². The zero-order valence-corrected chi connectivity index (χ0v) is 24.1. The van der Waals surface area contributed by atoms with Gasteiger partial charge in [-0.05, 0) is 62.4 Å². The molecule has 220 valence electrons. The summed E-state index contributed by atoms with van der Waals surface area (Å²) in [6.07, 6.45) is 1.43. The molecule has 42 heavy (non-hydrogen) atoms. The van der Waals surface area contributed by atoms with E-state index in [2.05, 4.69) is 10.6 Å². The van der Waals surface area contributed by atoms with Gasteiger partial charge >= 0.3 is 17.7 Å². The van der Waals surface area contributed by atoms with Gasteiger partial charge in [0.2, 0.25) is 0 Å². The molecule has 2 aromatic carbocycles. The lowest BCUT2D eigenvalue weighted by atomic mass is 10.0. The molecule has 4 N–H and O–H groups in total. The number of aryl methyl sites for hydroxylation is 2. The number of imidazole rings is 1. The average Bonchev–Trinajstić information content (AvgIpc) is 3.55. The molecule has 0 aliphatic heterocycles. The molecular formula is C30H32ClN5O6. The Kier molecular flexibility index (Phi) is 8.13. The minimum absolute atomic E-state index is 0.162. The fraction of sp³-hybridized carbons (Fsp3) is 0.333. The van der Waals surface area contributed by atoms with E-state index in [1.54, 1.807) is 39.5 Å². The number of carbonyl (C=O) groups is 2. The first kappa shape index (κ1) is 29.0. The van der Waals surface area contributed by atoms with Crippen LogP contribution in [0.1, 0.15) is 55.1 Å². The summed E-state index contributed by atoms with van der Waals surface area (Å²) in [5.74, 6) is -1.44. The van der Waals surface area contributed by atoms with Crippen LogP contribution in [0.3, 0.4) is 0 Å². The van der Waals surface area contributed by atoms with Gasteiger partial charge in [0, 0.05) is 29.4 Å². The number of nitrogens with zero attached hydrogens (tertiary/aromatic N) is 3. The van der Waals surface area contributed by atoms with Gasteiger partial charge in [0.1, 0.15) is 5.75 Å². The van der Waals surface area contributed by atoms with Crippen molar-refractivity contribution < 1.29 is 19.8 Å². The van der Waals surface area contributed by atoms with Crippen molar-refractivity contribution in [2.24, 2.45) is 0 Å². The number of pyridine rings is 1. The number of rotatable bonds is 9. The summed E-state index contributed by atoms with van der Waals surface area (Å²) in [5, 5.41) is 26.2. The number of aliphatic carboxylic acids is 1. The number of carbonyl (C=O) groups excluding carboxylic acids is 1. The fourth-order valence-electron chi connectivity index (χ4n) is 5.77. The Bertz CT molecular complexity index is 1820. The Balaban J connectivity index is 1.48. The number of amides is 2. The van der Waals surface area contributed by atoms with E-state index in [0.717, 1.165) is 12.0 Å². The lowest BCUT2D eigenvalue weighted by Crippen LogP contribution is -2.37. The van der Waals surface area contributed by atoms with Crippen LogP contribution in [0.4, 0.5) is 10.5 Å². The van der Waals surface area contributed by atoms with Gasteiger partial charge in [-0.3, -0.25) is 18.7 Å². The van der Waals surface area contributed by atoms with Gasteiger partial charge in [-0.2, -0.15) is 0 Å². The van der Waals surface area contributed by atoms with Crippen molar-refractivity contribution in [3.8, 4) is 5.75 Å². The Morgan fingerprint density at radius 1 is 1.00 bits per heavy atom. The number of benzene rings is 2. The third-order valence-electron chi connectivity index (χ3n) is 7.78. The quantitative estimate of drug-likeness (QED) is 0.228. The minimum atomic E-state index is -1.15. The second-order valence-electron chi connectivity index (χ2n) is 10.3. The highest BCUT2D eigenvalue weighted by Gasteiger charge is 2.27. The lowest BCUT2D eigenvalue weighted by Gasteiger charge is -2.20. The van der Waals surface area contributed by atoms with Crippen molar-refractivity contribution in [2.45, 2.75) is 65.2 Å². The molecule has 5 rings (SSSR count). The number of urea groups is 1. The van der Waals surface area contributed by atoms with E-state index in [-0.39, 0.29) is 23.7 Å².